The Morgan fingerprint density at radius 1 is 1.39 bits per heavy atom. The Bertz CT molecular complexity index is 530. The molecule has 0 saturated carbocycles. The van der Waals surface area contributed by atoms with Gasteiger partial charge >= 0.3 is 0 Å². The third-order valence-electron chi connectivity index (χ3n) is 3.45. The Kier molecular flexibility index (Phi) is 3.59. The molecule has 2 atom stereocenters. The molecule has 2 heterocycles. The minimum absolute atomic E-state index is 0.0193. The SMILES string of the molecule is CC1CCC(C)N(S(=O)(=O)c2cccnc2N)C1. The smallest absolute Gasteiger partial charge is 0.246 e. The van der Waals surface area contributed by atoms with Crippen molar-refractivity contribution in [3.63, 3.8) is 0 Å². The van der Waals surface area contributed by atoms with Crippen LogP contribution in [0.1, 0.15) is 26.7 Å². The molecule has 1 saturated heterocycles. The van der Waals surface area contributed by atoms with Crippen molar-refractivity contribution in [3.05, 3.63) is 18.3 Å². The number of nitrogen functional groups attached to an aromatic ring is 1. The van der Waals surface area contributed by atoms with Crippen LogP contribution in [0.15, 0.2) is 23.2 Å². The van der Waals surface area contributed by atoms with Crippen LogP contribution in [0, 0.1) is 5.92 Å². The van der Waals surface area contributed by atoms with E-state index in [1.54, 1.807) is 10.4 Å². The Morgan fingerprint density at radius 2 is 2.11 bits per heavy atom. The van der Waals surface area contributed by atoms with Crippen molar-refractivity contribution < 1.29 is 8.42 Å². The highest BCUT2D eigenvalue weighted by Gasteiger charge is 2.34. The van der Waals surface area contributed by atoms with Crippen LogP contribution in [-0.2, 0) is 10.0 Å². The van der Waals surface area contributed by atoms with E-state index in [9.17, 15) is 8.42 Å². The lowest BCUT2D eigenvalue weighted by molar-refractivity contribution is 0.218. The summed E-state index contributed by atoms with van der Waals surface area (Å²) in [5.74, 6) is 0.455. The molecular weight excluding hydrogens is 250 g/mol. The van der Waals surface area contributed by atoms with Crippen molar-refractivity contribution in [1.29, 1.82) is 0 Å². The number of hydrogen-bond donors (Lipinski definition) is 1. The summed E-state index contributed by atoms with van der Waals surface area (Å²) in [7, 11) is -3.53. The van der Waals surface area contributed by atoms with Gasteiger partial charge in [-0.15, -0.1) is 0 Å². The van der Waals surface area contributed by atoms with Crippen LogP contribution >= 0.6 is 0 Å². The average Bonchev–Trinajstić information content (AvgIpc) is 2.32. The number of hydrogen-bond acceptors (Lipinski definition) is 4. The van der Waals surface area contributed by atoms with E-state index < -0.39 is 10.0 Å². The molecule has 0 aromatic carbocycles. The maximum atomic E-state index is 12.6. The Balaban J connectivity index is 2.39. The summed E-state index contributed by atoms with van der Waals surface area (Å²) < 4.78 is 26.7. The van der Waals surface area contributed by atoms with Gasteiger partial charge in [0.05, 0.1) is 0 Å². The van der Waals surface area contributed by atoms with Crippen LogP contribution in [0.5, 0.6) is 0 Å². The van der Waals surface area contributed by atoms with Gasteiger partial charge in [0.25, 0.3) is 0 Å². The zero-order valence-corrected chi connectivity index (χ0v) is 11.5. The largest absolute Gasteiger partial charge is 0.383 e. The first-order valence-electron chi connectivity index (χ1n) is 6.15. The highest BCUT2D eigenvalue weighted by Crippen LogP contribution is 2.29. The predicted molar refractivity (Wildman–Crippen MR) is 70.4 cm³/mol. The number of piperidine rings is 1. The Morgan fingerprint density at radius 3 is 2.78 bits per heavy atom. The summed E-state index contributed by atoms with van der Waals surface area (Å²) in [6.45, 7) is 4.56. The normalized spacial score (nSPS) is 26.1. The number of sulfonamides is 1. The van der Waals surface area contributed by atoms with Crippen LogP contribution in [0.2, 0.25) is 0 Å². The molecule has 2 N–H and O–H groups in total. The zero-order valence-electron chi connectivity index (χ0n) is 10.7. The van der Waals surface area contributed by atoms with Crippen molar-refractivity contribution in [2.45, 2.75) is 37.6 Å². The van der Waals surface area contributed by atoms with Gasteiger partial charge in [0, 0.05) is 18.8 Å². The lowest BCUT2D eigenvalue weighted by Gasteiger charge is -2.35. The summed E-state index contributed by atoms with van der Waals surface area (Å²) >= 11 is 0. The Labute approximate surface area is 108 Å². The van der Waals surface area contributed by atoms with Gasteiger partial charge in [-0.05, 0) is 37.8 Å². The molecule has 0 amide bonds. The third kappa shape index (κ3) is 2.35. The predicted octanol–water partition coefficient (Wildman–Crippen LogP) is 1.47. The lowest BCUT2D eigenvalue weighted by Crippen LogP contribution is -2.45. The highest BCUT2D eigenvalue weighted by atomic mass is 32.2. The molecule has 2 unspecified atom stereocenters. The van der Waals surface area contributed by atoms with Crippen LogP contribution in [0.25, 0.3) is 0 Å². The van der Waals surface area contributed by atoms with Crippen LogP contribution < -0.4 is 5.73 Å². The van der Waals surface area contributed by atoms with Gasteiger partial charge in [0.15, 0.2) is 0 Å². The molecule has 6 heteroatoms. The lowest BCUT2D eigenvalue weighted by atomic mass is 9.97. The second kappa shape index (κ2) is 4.85. The van der Waals surface area contributed by atoms with Crippen LogP contribution in [-0.4, -0.2) is 30.3 Å². The molecule has 1 aliphatic heterocycles. The van der Waals surface area contributed by atoms with Gasteiger partial charge in [0.2, 0.25) is 10.0 Å². The number of pyridine rings is 1. The average molecular weight is 269 g/mol. The van der Waals surface area contributed by atoms with E-state index in [-0.39, 0.29) is 16.8 Å². The van der Waals surface area contributed by atoms with E-state index in [1.165, 1.54) is 12.3 Å². The third-order valence-corrected chi connectivity index (χ3v) is 5.47. The van der Waals surface area contributed by atoms with E-state index >= 15 is 0 Å². The molecular formula is C12H19N3O2S. The fraction of sp³-hybridized carbons (Fsp3) is 0.583. The maximum absolute atomic E-state index is 12.6. The molecule has 5 nitrogen and oxygen atoms in total. The van der Waals surface area contributed by atoms with E-state index in [1.807, 2.05) is 6.92 Å². The summed E-state index contributed by atoms with van der Waals surface area (Å²) in [6.07, 6.45) is 3.45. The molecule has 0 aliphatic carbocycles. The van der Waals surface area contributed by atoms with E-state index in [4.69, 9.17) is 5.73 Å². The second-order valence-electron chi connectivity index (χ2n) is 4.99. The van der Waals surface area contributed by atoms with Gasteiger partial charge < -0.3 is 5.73 Å². The summed E-state index contributed by atoms with van der Waals surface area (Å²) in [6, 6.07) is 3.14. The molecule has 0 spiro atoms. The minimum atomic E-state index is -3.53. The first-order chi connectivity index (χ1) is 8.43. The van der Waals surface area contributed by atoms with Gasteiger partial charge in [-0.25, -0.2) is 13.4 Å². The van der Waals surface area contributed by atoms with E-state index in [2.05, 4.69) is 11.9 Å². The van der Waals surface area contributed by atoms with Crippen molar-refractivity contribution in [3.8, 4) is 0 Å². The maximum Gasteiger partial charge on any atom is 0.246 e. The molecule has 2 rings (SSSR count). The van der Waals surface area contributed by atoms with Crippen LogP contribution in [0.4, 0.5) is 5.82 Å². The van der Waals surface area contributed by atoms with Crippen LogP contribution in [0.3, 0.4) is 0 Å². The summed E-state index contributed by atoms with van der Waals surface area (Å²) in [5, 5.41) is 0. The van der Waals surface area contributed by atoms with Gasteiger partial charge in [-0.1, -0.05) is 6.92 Å². The monoisotopic (exact) mass is 269 g/mol. The second-order valence-corrected chi connectivity index (χ2v) is 6.85. The fourth-order valence-corrected chi connectivity index (χ4v) is 4.18. The molecule has 1 aromatic rings. The molecule has 0 bridgehead atoms. The minimum Gasteiger partial charge on any atom is -0.383 e. The standard InChI is InChI=1S/C12H19N3O2S/c1-9-5-6-10(2)15(8-9)18(16,17)11-4-3-7-14-12(11)13/h3-4,7,9-10H,5-6,8H2,1-2H3,(H2,13,14). The topological polar surface area (TPSA) is 76.3 Å². The van der Waals surface area contributed by atoms with Crippen molar-refractivity contribution in [2.75, 3.05) is 12.3 Å². The van der Waals surface area contributed by atoms with Gasteiger partial charge in [-0.3, -0.25) is 0 Å². The van der Waals surface area contributed by atoms with E-state index in [0.717, 1.165) is 12.8 Å². The van der Waals surface area contributed by atoms with E-state index in [0.29, 0.717) is 12.5 Å². The molecule has 1 aromatic heterocycles. The number of nitrogens with zero attached hydrogens (tertiary/aromatic N) is 2. The summed E-state index contributed by atoms with van der Waals surface area (Å²) in [4.78, 5) is 3.97. The molecule has 100 valence electrons. The number of aromatic nitrogens is 1. The quantitative estimate of drug-likeness (QED) is 0.882. The molecule has 18 heavy (non-hydrogen) atoms. The first-order valence-corrected chi connectivity index (χ1v) is 7.59. The highest BCUT2D eigenvalue weighted by molar-refractivity contribution is 7.89. The first kappa shape index (κ1) is 13.3. The molecule has 1 aliphatic rings. The van der Waals surface area contributed by atoms with Crippen molar-refractivity contribution in [1.82, 2.24) is 9.29 Å². The zero-order chi connectivity index (χ0) is 13.3. The van der Waals surface area contributed by atoms with Gasteiger partial charge in [0.1, 0.15) is 10.7 Å². The fourth-order valence-electron chi connectivity index (χ4n) is 2.33. The number of anilines is 1. The summed E-state index contributed by atoms with van der Waals surface area (Å²) in [5.41, 5.74) is 5.68. The van der Waals surface area contributed by atoms with Gasteiger partial charge in [-0.2, -0.15) is 4.31 Å². The molecule has 1 fully saturated rings. The number of rotatable bonds is 2. The Hall–Kier alpha value is -1.14. The number of nitrogens with two attached hydrogens (primary N) is 1. The van der Waals surface area contributed by atoms with Crippen molar-refractivity contribution >= 4 is 15.8 Å². The van der Waals surface area contributed by atoms with Crippen molar-refractivity contribution in [2.24, 2.45) is 5.92 Å². The molecule has 0 radical (unpaired) electrons.